The zero-order chi connectivity index (χ0) is 25.4. The summed E-state index contributed by atoms with van der Waals surface area (Å²) < 4.78 is 4.51. The molecule has 9 heteroatoms. The summed E-state index contributed by atoms with van der Waals surface area (Å²) in [7, 11) is 1.76. The van der Waals surface area contributed by atoms with E-state index in [1.165, 1.54) is 21.4 Å². The molecule has 0 aliphatic rings. The Hall–Kier alpha value is -5.05. The summed E-state index contributed by atoms with van der Waals surface area (Å²) >= 11 is 0. The predicted octanol–water partition coefficient (Wildman–Crippen LogP) is 4.26. The van der Waals surface area contributed by atoms with Crippen molar-refractivity contribution in [2.45, 2.75) is 6.92 Å². The lowest BCUT2D eigenvalue weighted by molar-refractivity contribution is -0.384. The van der Waals surface area contributed by atoms with Crippen molar-refractivity contribution >= 4 is 28.7 Å². The summed E-state index contributed by atoms with van der Waals surface area (Å²) in [6.45, 7) is 1.77. The van der Waals surface area contributed by atoms with Crippen LogP contribution in [-0.4, -0.2) is 23.8 Å². The van der Waals surface area contributed by atoms with Gasteiger partial charge in [-0.05, 0) is 42.8 Å². The largest absolute Gasteiger partial charge is 0.296 e. The van der Waals surface area contributed by atoms with Crippen molar-refractivity contribution in [3.63, 3.8) is 0 Å². The van der Waals surface area contributed by atoms with E-state index in [4.69, 9.17) is 0 Å². The van der Waals surface area contributed by atoms with Gasteiger partial charge in [0.15, 0.2) is 0 Å². The van der Waals surface area contributed by atoms with Crippen LogP contribution < -0.4 is 11.1 Å². The Kier molecular flexibility index (Phi) is 5.65. The first-order chi connectivity index (χ1) is 17.4. The Morgan fingerprint density at radius 3 is 2.36 bits per heavy atom. The van der Waals surface area contributed by atoms with Gasteiger partial charge in [0, 0.05) is 19.2 Å². The van der Waals surface area contributed by atoms with Crippen molar-refractivity contribution in [2.24, 2.45) is 7.05 Å². The molecule has 178 valence electrons. The molecule has 0 saturated heterocycles. The van der Waals surface area contributed by atoms with E-state index in [9.17, 15) is 19.7 Å². The van der Waals surface area contributed by atoms with Crippen LogP contribution in [0.1, 0.15) is 17.1 Å². The summed E-state index contributed by atoms with van der Waals surface area (Å²) in [6, 6.07) is 22.2. The molecule has 5 aromatic rings. The number of fused-ring (bicyclic) bond motifs is 1. The Balaban J connectivity index is 1.78. The van der Waals surface area contributed by atoms with Crippen LogP contribution in [0.25, 0.3) is 34.4 Å². The van der Waals surface area contributed by atoms with E-state index in [-0.39, 0.29) is 28.3 Å². The van der Waals surface area contributed by atoms with Crippen molar-refractivity contribution in [1.82, 2.24) is 18.9 Å². The summed E-state index contributed by atoms with van der Waals surface area (Å²) in [5.74, 6) is 0.233. The van der Waals surface area contributed by atoms with Gasteiger partial charge in [-0.3, -0.25) is 29.0 Å². The van der Waals surface area contributed by atoms with E-state index in [0.29, 0.717) is 27.8 Å². The van der Waals surface area contributed by atoms with Crippen LogP contribution in [0.2, 0.25) is 0 Å². The fraction of sp³-hybridized carbons (Fsp3) is 0.0741. The lowest BCUT2D eigenvalue weighted by atomic mass is 10.2. The average molecular weight is 479 g/mol. The lowest BCUT2D eigenvalue weighted by Gasteiger charge is -2.10. The molecule has 0 unspecified atom stereocenters. The first-order valence-corrected chi connectivity index (χ1v) is 11.2. The quantitative estimate of drug-likeness (QED) is 0.277. The number of nitro groups is 1. The molecule has 0 aliphatic heterocycles. The van der Waals surface area contributed by atoms with E-state index in [2.05, 4.69) is 4.98 Å². The lowest BCUT2D eigenvalue weighted by Crippen LogP contribution is -2.28. The van der Waals surface area contributed by atoms with Gasteiger partial charge in [0.25, 0.3) is 16.8 Å². The number of para-hydroxylation sites is 2. The zero-order valence-corrected chi connectivity index (χ0v) is 19.5. The summed E-state index contributed by atoms with van der Waals surface area (Å²) in [4.78, 5) is 42.8. The minimum atomic E-state index is -0.471. The molecule has 36 heavy (non-hydrogen) atoms. The summed E-state index contributed by atoms with van der Waals surface area (Å²) in [5.41, 5.74) is 1.66. The third kappa shape index (κ3) is 3.82. The molecule has 5 rings (SSSR count). The highest BCUT2D eigenvalue weighted by atomic mass is 16.6. The van der Waals surface area contributed by atoms with Gasteiger partial charge in [-0.1, -0.05) is 48.5 Å². The monoisotopic (exact) mass is 479 g/mol. The van der Waals surface area contributed by atoms with Gasteiger partial charge >= 0.3 is 0 Å². The Labute approximate surface area is 204 Å². The minimum absolute atomic E-state index is 0.0503. The van der Waals surface area contributed by atoms with Crippen molar-refractivity contribution in [3.8, 4) is 11.4 Å². The molecular formula is C27H21N5O4. The molecule has 0 fully saturated rings. The minimum Gasteiger partial charge on any atom is -0.283 e. The molecule has 0 aliphatic carbocycles. The van der Waals surface area contributed by atoms with Gasteiger partial charge in [0.2, 0.25) is 0 Å². The predicted molar refractivity (Wildman–Crippen MR) is 139 cm³/mol. The fourth-order valence-corrected chi connectivity index (χ4v) is 4.20. The van der Waals surface area contributed by atoms with Crippen LogP contribution in [0.15, 0.2) is 88.5 Å². The number of nitro benzene ring substituents is 1. The van der Waals surface area contributed by atoms with Crippen LogP contribution in [0, 0.1) is 17.0 Å². The van der Waals surface area contributed by atoms with E-state index in [1.54, 1.807) is 67.2 Å². The molecular weight excluding hydrogens is 458 g/mol. The second-order valence-corrected chi connectivity index (χ2v) is 8.22. The average Bonchev–Trinajstić information content (AvgIpc) is 3.11. The van der Waals surface area contributed by atoms with Gasteiger partial charge in [0.05, 0.1) is 27.2 Å². The van der Waals surface area contributed by atoms with E-state index >= 15 is 0 Å². The molecule has 0 amide bonds. The highest BCUT2D eigenvalue weighted by Gasteiger charge is 2.22. The van der Waals surface area contributed by atoms with E-state index in [1.807, 2.05) is 30.3 Å². The van der Waals surface area contributed by atoms with Crippen molar-refractivity contribution < 1.29 is 4.92 Å². The smallest absolute Gasteiger partial charge is 0.283 e. The highest BCUT2D eigenvalue weighted by molar-refractivity contribution is 5.80. The number of non-ortho nitro benzene ring substituents is 1. The molecule has 2 aromatic heterocycles. The number of aromatic nitrogens is 4. The summed E-state index contributed by atoms with van der Waals surface area (Å²) in [5, 5.41) is 11.5. The van der Waals surface area contributed by atoms with Crippen LogP contribution >= 0.6 is 0 Å². The van der Waals surface area contributed by atoms with Crippen molar-refractivity contribution in [3.05, 3.63) is 127 Å². The number of benzene rings is 3. The Morgan fingerprint density at radius 2 is 1.61 bits per heavy atom. The Bertz CT molecular complexity index is 1780. The Morgan fingerprint density at radius 1 is 0.889 bits per heavy atom. The maximum atomic E-state index is 13.7. The summed E-state index contributed by atoms with van der Waals surface area (Å²) in [6.07, 6.45) is 3.22. The third-order valence-electron chi connectivity index (χ3n) is 6.05. The first kappa shape index (κ1) is 22.7. The molecule has 0 radical (unpaired) electrons. The highest BCUT2D eigenvalue weighted by Crippen LogP contribution is 2.19. The number of rotatable bonds is 5. The van der Waals surface area contributed by atoms with Gasteiger partial charge in [-0.25, -0.2) is 9.67 Å². The van der Waals surface area contributed by atoms with Gasteiger partial charge in [-0.2, -0.15) is 0 Å². The maximum absolute atomic E-state index is 13.7. The van der Waals surface area contributed by atoms with Gasteiger partial charge < -0.3 is 0 Å². The van der Waals surface area contributed by atoms with Crippen LogP contribution in [0.5, 0.6) is 0 Å². The molecule has 0 saturated carbocycles. The van der Waals surface area contributed by atoms with Crippen molar-refractivity contribution in [1.29, 1.82) is 0 Å². The molecule has 0 N–H and O–H groups in total. The molecule has 2 heterocycles. The SMILES string of the molecule is Cc1c(-n2c(/C=C\c3cccc([N+](=O)[O-])c3)nc3ccccc3c2=O)c(=O)n(-c2ccccc2)n1C. The van der Waals surface area contributed by atoms with E-state index < -0.39 is 4.92 Å². The van der Waals surface area contributed by atoms with Gasteiger partial charge in [-0.15, -0.1) is 0 Å². The maximum Gasteiger partial charge on any atom is 0.296 e. The van der Waals surface area contributed by atoms with Crippen LogP contribution in [0.3, 0.4) is 0 Å². The molecule has 0 bridgehead atoms. The number of hydrogen-bond acceptors (Lipinski definition) is 5. The van der Waals surface area contributed by atoms with Crippen LogP contribution in [0.4, 0.5) is 5.69 Å². The molecule has 3 aromatic carbocycles. The first-order valence-electron chi connectivity index (χ1n) is 11.2. The van der Waals surface area contributed by atoms with Crippen LogP contribution in [-0.2, 0) is 7.05 Å². The standard InChI is InChI=1S/C27H21N5O4/c1-18-25(27(34)31(29(18)2)20-10-4-3-5-11-20)30-24(28-23-14-7-6-13-22(23)26(30)33)16-15-19-9-8-12-21(17-19)32(35)36/h3-17H,1-2H3/b16-15-. The number of hydrogen-bond donors (Lipinski definition) is 0. The molecule has 9 nitrogen and oxygen atoms in total. The molecule has 0 atom stereocenters. The number of nitrogens with zero attached hydrogens (tertiary/aromatic N) is 5. The van der Waals surface area contributed by atoms with E-state index in [0.717, 1.165) is 0 Å². The topological polar surface area (TPSA) is 105 Å². The normalized spacial score (nSPS) is 11.4. The zero-order valence-electron chi connectivity index (χ0n) is 19.5. The van der Waals surface area contributed by atoms with Gasteiger partial charge in [0.1, 0.15) is 11.5 Å². The second kappa shape index (κ2) is 8.95. The van der Waals surface area contributed by atoms with Crippen molar-refractivity contribution in [2.75, 3.05) is 0 Å². The second-order valence-electron chi connectivity index (χ2n) is 8.22. The third-order valence-corrected chi connectivity index (χ3v) is 6.05. The molecule has 0 spiro atoms. The fourth-order valence-electron chi connectivity index (χ4n) is 4.20.